The highest BCUT2D eigenvalue weighted by Crippen LogP contribution is 2.66. The number of carbonyl (C=O) groups is 7. The van der Waals surface area contributed by atoms with Crippen molar-refractivity contribution in [2.75, 3.05) is 211 Å². The van der Waals surface area contributed by atoms with Crippen LogP contribution in [0.2, 0.25) is 18.1 Å². The summed E-state index contributed by atoms with van der Waals surface area (Å²) in [5.41, 5.74) is -5.84. The predicted molar refractivity (Wildman–Crippen MR) is 467 cm³/mol. The van der Waals surface area contributed by atoms with E-state index in [0.29, 0.717) is 168 Å². The lowest BCUT2D eigenvalue weighted by molar-refractivity contribution is -0.345. The van der Waals surface area contributed by atoms with Crippen molar-refractivity contribution in [2.24, 2.45) is 22.7 Å². The molecule has 1 saturated heterocycles. The van der Waals surface area contributed by atoms with Crippen molar-refractivity contribution >= 4 is 71.6 Å². The molecule has 2 bridgehead atoms. The van der Waals surface area contributed by atoms with Gasteiger partial charge in [-0.2, -0.15) is 0 Å². The summed E-state index contributed by atoms with van der Waals surface area (Å²) in [4.78, 5) is 105. The molecule has 3 fully saturated rings. The molecule has 4 aromatic rings. The van der Waals surface area contributed by atoms with E-state index >= 15 is 9.59 Å². The Labute approximate surface area is 749 Å². The third-order valence-electron chi connectivity index (χ3n) is 22.9. The van der Waals surface area contributed by atoms with Gasteiger partial charge in [-0.25, -0.2) is 19.4 Å². The SMILES string of the molecule is CC(=O)O[C@@]12COC1C[C@H](OC(=O)OCCOCCOCCOCCOCCOCCOCCOC(=O)CCOCCOCCOCCOCCOCCOCCOCCOCCSSc1ccccn1)[C@@]1(C)C(=O)[C@H](C)C3=C(C)[C@@H](OC(=O)[C@H](O[Si](C)(C)C(C)(C)C)[C@@H](NC(=O)c4ccccc4)c4ccccc4)C[C@@](O)([C@@H](OC(=O)c4ccccc4)[C@@H]12)C3(C)C. The summed E-state index contributed by atoms with van der Waals surface area (Å²) in [5, 5.41) is 18.0. The number of esters is 4. The van der Waals surface area contributed by atoms with Gasteiger partial charge >= 0.3 is 30.0 Å². The second-order valence-corrected chi connectivity index (χ2v) is 39.9. The fourth-order valence-electron chi connectivity index (χ4n) is 15.4. The van der Waals surface area contributed by atoms with Gasteiger partial charge in [0.2, 0.25) is 0 Å². The predicted octanol–water partition coefficient (Wildman–Crippen LogP) is 10.6. The van der Waals surface area contributed by atoms with Crippen molar-refractivity contribution in [1.82, 2.24) is 10.3 Å². The molecule has 3 aliphatic carbocycles. The Hall–Kier alpha value is -6.92. The maximum atomic E-state index is 16.4. The highest BCUT2D eigenvalue weighted by molar-refractivity contribution is 8.76. The molecule has 35 heteroatoms. The van der Waals surface area contributed by atoms with Gasteiger partial charge in [0.1, 0.15) is 54.0 Å². The Morgan fingerprint density at radius 1 is 0.571 bits per heavy atom. The van der Waals surface area contributed by atoms with Gasteiger partial charge < -0.3 is 114 Å². The van der Waals surface area contributed by atoms with E-state index in [1.165, 1.54) is 19.1 Å². The van der Waals surface area contributed by atoms with Gasteiger partial charge in [0.15, 0.2) is 20.0 Å². The number of rotatable bonds is 62. The van der Waals surface area contributed by atoms with Crippen molar-refractivity contribution < 1.29 is 143 Å². The van der Waals surface area contributed by atoms with Gasteiger partial charge in [0.05, 0.1) is 221 Å². The van der Waals surface area contributed by atoms with E-state index in [2.05, 4.69) is 10.3 Å². The first kappa shape index (κ1) is 104. The van der Waals surface area contributed by atoms with Crippen LogP contribution < -0.4 is 5.32 Å². The largest absolute Gasteiger partial charge is 0.508 e. The Morgan fingerprint density at radius 3 is 1.47 bits per heavy atom. The van der Waals surface area contributed by atoms with Crippen LogP contribution in [0.25, 0.3) is 0 Å². The van der Waals surface area contributed by atoms with Crippen LogP contribution >= 0.6 is 21.6 Å². The molecule has 32 nitrogen and oxygen atoms in total. The summed E-state index contributed by atoms with van der Waals surface area (Å²) in [7, 11) is 0.392. The van der Waals surface area contributed by atoms with Gasteiger partial charge in [0.25, 0.3) is 5.91 Å². The maximum absolute atomic E-state index is 16.4. The van der Waals surface area contributed by atoms with Crippen LogP contribution in [0.5, 0.6) is 0 Å². The van der Waals surface area contributed by atoms with Crippen molar-refractivity contribution in [3.05, 3.63) is 143 Å². The van der Waals surface area contributed by atoms with E-state index in [0.717, 1.165) is 10.8 Å². The third kappa shape index (κ3) is 32.0. The number of ketones is 1. The molecule has 1 amide bonds. The molecule has 3 aromatic carbocycles. The topological polar surface area (TPSA) is 368 Å². The summed E-state index contributed by atoms with van der Waals surface area (Å²) < 4.78 is 128. The van der Waals surface area contributed by atoms with Crippen LogP contribution in [0.15, 0.2) is 132 Å². The molecular formula is C91H132N2O30S2Si. The molecule has 11 atom stereocenters. The third-order valence-corrected chi connectivity index (χ3v) is 29.6. The molecular weight excluding hydrogens is 1690 g/mol. The number of ether oxygens (including phenoxy) is 21. The van der Waals surface area contributed by atoms with Crippen molar-refractivity contribution in [3.8, 4) is 0 Å². The monoisotopic (exact) mass is 1820 g/mol. The first-order chi connectivity index (χ1) is 60.7. The quantitative estimate of drug-likeness (QED) is 0.0104. The highest BCUT2D eigenvalue weighted by atomic mass is 33.1. The second kappa shape index (κ2) is 54.7. The molecule has 8 rings (SSSR count). The molecule has 1 unspecified atom stereocenters. The van der Waals surface area contributed by atoms with Crippen molar-refractivity contribution in [3.63, 3.8) is 0 Å². The van der Waals surface area contributed by atoms with Gasteiger partial charge in [-0.3, -0.25) is 19.2 Å². The number of hydrogen-bond acceptors (Lipinski definition) is 33. The van der Waals surface area contributed by atoms with Crippen LogP contribution in [-0.2, 0) is 123 Å². The number of fused-ring (bicyclic) bond motifs is 5. The standard InChI is InChI=1S/C91H132N2O30S2Si/c1-66-72(119-85(99)79(123-126(10,11)87(4,5)6)78(69-23-15-12-16-24-69)93-83(97)70-25-17-13-18-26-70)64-91(101)82(121-84(98)71-27-19-14-20-28-71)80-89(9,81(96)67(2)77(66)88(91,7)8)73(63-74-90(80,65-118-74)122-68(3)94)120-86(100)117-60-58-114-54-52-111-48-46-108-42-41-107-45-47-110-51-53-113-57-59-116-76(95)30-32-102-33-34-103-35-36-104-37-38-105-39-40-106-43-44-109-49-50-112-55-56-115-61-62-124-125-75-29-21-22-31-92-75/h12-29,31,67,72-74,78-80,82,101H,30,32-65H2,1-11H3,(H,93,97)/t67-,72+,73+,74?,78+,79-,80+,82+,89-,90+,91-/m1/s1. The van der Waals surface area contributed by atoms with E-state index in [1.54, 1.807) is 135 Å². The van der Waals surface area contributed by atoms with Crippen LogP contribution in [0.1, 0.15) is 114 Å². The zero-order valence-corrected chi connectivity index (χ0v) is 77.5. The first-order valence-corrected chi connectivity index (χ1v) is 48.5. The summed E-state index contributed by atoms with van der Waals surface area (Å²) in [6, 6.07) is 30.3. The number of pyridine rings is 1. The Morgan fingerprint density at radius 2 is 1.02 bits per heavy atom. The number of Topliss-reactive ketones (excluding diaryl/α,β-unsaturated/α-hetero) is 1. The minimum absolute atomic E-state index is 0.0594. The van der Waals surface area contributed by atoms with Crippen LogP contribution in [0.4, 0.5) is 4.79 Å². The van der Waals surface area contributed by atoms with E-state index < -0.39 is 132 Å². The lowest BCUT2D eigenvalue weighted by atomic mass is 9.43. The number of amides is 1. The molecule has 126 heavy (non-hydrogen) atoms. The average molecular weight is 1830 g/mol. The number of nitrogens with zero attached hydrogens (tertiary/aromatic N) is 1. The molecule has 0 spiro atoms. The highest BCUT2D eigenvalue weighted by Gasteiger charge is 2.78. The number of nitrogens with one attached hydrogen (secondary N) is 1. The van der Waals surface area contributed by atoms with E-state index in [1.807, 2.05) is 58.1 Å². The number of aliphatic hydroxyl groups is 1. The number of hydrogen-bond donors (Lipinski definition) is 2. The van der Waals surface area contributed by atoms with Crippen molar-refractivity contribution in [1.29, 1.82) is 0 Å². The molecule has 1 aromatic heterocycles. The zero-order valence-electron chi connectivity index (χ0n) is 74.9. The maximum Gasteiger partial charge on any atom is 0.508 e. The molecule has 4 aliphatic rings. The lowest BCUT2D eigenvalue weighted by Crippen LogP contribution is -2.81. The average Bonchev–Trinajstić information content (AvgIpc) is 0.667. The number of aromatic nitrogens is 1. The van der Waals surface area contributed by atoms with E-state index in [4.69, 9.17) is 104 Å². The van der Waals surface area contributed by atoms with Gasteiger partial charge in [0, 0.05) is 48.6 Å². The summed E-state index contributed by atoms with van der Waals surface area (Å²) in [6.07, 6.45) is -7.05. The normalized spacial score (nSPS) is 21.9. The second-order valence-electron chi connectivity index (χ2n) is 32.7. The minimum Gasteiger partial charge on any atom is -0.463 e. The van der Waals surface area contributed by atoms with Gasteiger partial charge in [-0.05, 0) is 95.9 Å². The lowest BCUT2D eigenvalue weighted by Gasteiger charge is -2.67. The molecule has 0 radical (unpaired) electrons. The first-order valence-electron chi connectivity index (χ1n) is 43.3. The summed E-state index contributed by atoms with van der Waals surface area (Å²) in [6.45, 7) is 29.4. The molecule has 2 saturated carbocycles. The smallest absolute Gasteiger partial charge is 0.463 e. The Balaban J connectivity index is 0.676. The summed E-state index contributed by atoms with van der Waals surface area (Å²) in [5.74, 6) is -5.76. The van der Waals surface area contributed by atoms with Crippen LogP contribution in [0, 0.1) is 22.7 Å². The Kier molecular flexibility index (Phi) is 45.3. The minimum atomic E-state index is -2.96. The van der Waals surface area contributed by atoms with Crippen LogP contribution in [-0.4, -0.2) is 312 Å². The van der Waals surface area contributed by atoms with Gasteiger partial charge in [-0.1, -0.05) is 125 Å². The Bertz CT molecular complexity index is 3910. The molecule has 702 valence electrons. The fraction of sp³-hybridized carbons (Fsp3) is 0.648. The van der Waals surface area contributed by atoms with Gasteiger partial charge in [-0.15, -0.1) is 0 Å². The van der Waals surface area contributed by atoms with Crippen LogP contribution in [0.3, 0.4) is 0 Å². The number of benzene rings is 3. The molecule has 2 heterocycles. The summed E-state index contributed by atoms with van der Waals surface area (Å²) >= 11 is 0. The zero-order chi connectivity index (χ0) is 90.7. The molecule has 1 aliphatic heterocycles. The van der Waals surface area contributed by atoms with Crippen molar-refractivity contribution in [2.45, 2.75) is 152 Å². The van der Waals surface area contributed by atoms with E-state index in [-0.39, 0.29) is 77.9 Å². The number of carbonyl (C=O) groups excluding carboxylic acids is 7. The van der Waals surface area contributed by atoms with E-state index in [9.17, 15) is 29.1 Å². The molecule has 2 N–H and O–H groups in total. The fourth-order valence-corrected chi connectivity index (χ4v) is 18.4.